The quantitative estimate of drug-likeness (QED) is 0.123. The van der Waals surface area contributed by atoms with E-state index in [4.69, 9.17) is 15.9 Å². The van der Waals surface area contributed by atoms with E-state index in [-0.39, 0.29) is 51.2 Å². The van der Waals surface area contributed by atoms with Crippen molar-refractivity contribution in [2.24, 2.45) is 11.8 Å². The van der Waals surface area contributed by atoms with Crippen LogP contribution in [0.25, 0.3) is 0 Å². The van der Waals surface area contributed by atoms with Gasteiger partial charge in [-0.2, -0.15) is 17.4 Å². The number of carbonyl (C=O) groups is 2. The summed E-state index contributed by atoms with van der Waals surface area (Å²) in [6, 6.07) is 6.80. The Balaban J connectivity index is 1.80. The van der Waals surface area contributed by atoms with E-state index in [2.05, 4.69) is 21.3 Å². The lowest BCUT2D eigenvalue weighted by Gasteiger charge is -2.33. The smallest absolute Gasteiger partial charge is 0.280 e. The lowest BCUT2D eigenvalue weighted by Crippen LogP contribution is -2.59. The van der Waals surface area contributed by atoms with E-state index in [1.807, 2.05) is 13.8 Å². The Bertz CT molecular complexity index is 1200. The summed E-state index contributed by atoms with van der Waals surface area (Å²) >= 11 is 0. The molecule has 1 aliphatic carbocycles. The van der Waals surface area contributed by atoms with Gasteiger partial charge in [-0.3, -0.25) is 9.59 Å². The Morgan fingerprint density at radius 2 is 1.73 bits per heavy atom. The number of morpholine rings is 1. The van der Waals surface area contributed by atoms with Crippen LogP contribution in [0.1, 0.15) is 64.4 Å². The fraction of sp³-hybridized carbons (Fsp3) is 0.688. The van der Waals surface area contributed by atoms with E-state index in [1.165, 1.54) is 4.31 Å². The summed E-state index contributed by atoms with van der Waals surface area (Å²) in [6.45, 7) is 4.30. The SMILES string of the molecule is C#CCO[C@H](NC(=O)[C@H](Cc1ccccc1)NS(=O)(=O)N1CCOCC1)C(=O)N[C@@H](CC1CCCCC1)[C@@H](O)[C@@H](O)CC(C)C. The molecular weight excluding hydrogens is 600 g/mol. The van der Waals surface area contributed by atoms with Gasteiger partial charge in [0.1, 0.15) is 18.8 Å². The summed E-state index contributed by atoms with van der Waals surface area (Å²) < 4.78 is 40.9. The average molecular weight is 651 g/mol. The molecule has 2 amide bonds. The fourth-order valence-corrected chi connectivity index (χ4v) is 7.17. The predicted octanol–water partition coefficient (Wildman–Crippen LogP) is 1.08. The molecule has 0 radical (unpaired) electrons. The van der Waals surface area contributed by atoms with Gasteiger partial charge in [-0.25, -0.2) is 0 Å². The molecule has 0 bridgehead atoms. The van der Waals surface area contributed by atoms with E-state index >= 15 is 0 Å². The first-order chi connectivity index (χ1) is 21.5. The molecule has 45 heavy (non-hydrogen) atoms. The third kappa shape index (κ3) is 12.3. The van der Waals surface area contributed by atoms with Crippen LogP contribution in [0.15, 0.2) is 30.3 Å². The summed E-state index contributed by atoms with van der Waals surface area (Å²) in [6.07, 6.45) is 7.47. The van der Waals surface area contributed by atoms with Crippen molar-refractivity contribution in [3.63, 3.8) is 0 Å². The number of benzene rings is 1. The highest BCUT2D eigenvalue weighted by molar-refractivity contribution is 7.87. The van der Waals surface area contributed by atoms with Crippen LogP contribution >= 0.6 is 0 Å². The Hall–Kier alpha value is -2.57. The molecule has 1 saturated heterocycles. The van der Waals surface area contributed by atoms with Gasteiger partial charge in [0, 0.05) is 13.1 Å². The van der Waals surface area contributed by atoms with Crippen molar-refractivity contribution in [2.45, 2.75) is 95.7 Å². The van der Waals surface area contributed by atoms with Crippen LogP contribution in [0, 0.1) is 24.2 Å². The van der Waals surface area contributed by atoms with Crippen LogP contribution < -0.4 is 15.4 Å². The molecule has 1 aromatic carbocycles. The molecule has 13 heteroatoms. The molecule has 1 saturated carbocycles. The zero-order chi connectivity index (χ0) is 32.8. The third-order valence-corrected chi connectivity index (χ3v) is 9.83. The Morgan fingerprint density at radius 3 is 2.36 bits per heavy atom. The summed E-state index contributed by atoms with van der Waals surface area (Å²) in [5.41, 5.74) is 0.697. The van der Waals surface area contributed by atoms with Gasteiger partial charge in [-0.05, 0) is 36.7 Å². The maximum absolute atomic E-state index is 13.7. The number of nitrogens with one attached hydrogen (secondary N) is 3. The van der Waals surface area contributed by atoms with Crippen LogP contribution in [0.2, 0.25) is 0 Å². The number of carbonyl (C=O) groups excluding carboxylic acids is 2. The van der Waals surface area contributed by atoms with Gasteiger partial charge in [-0.15, -0.1) is 6.42 Å². The number of hydrogen-bond acceptors (Lipinski definition) is 8. The number of aliphatic hydroxyl groups excluding tert-OH is 2. The second kappa shape index (κ2) is 18.5. The standard InChI is InChI=1S/C32H50N4O8S/c1-4-17-44-32(31(40)33-26(21-24-11-7-5-8-12-24)29(38)28(37)20-23(2)3)34-30(39)27(22-25-13-9-6-10-14-25)35-45(41,42)36-15-18-43-19-16-36/h1,6,9-10,13-14,23-24,26-29,32,35,37-38H,5,7-8,11-12,15-22H2,2-3H3,(H,33,40)(H,34,39)/t26-,27-,28-,29+,32-/m0/s1. The first kappa shape index (κ1) is 36.9. The molecule has 0 spiro atoms. The highest BCUT2D eigenvalue weighted by atomic mass is 32.2. The van der Waals surface area contributed by atoms with Gasteiger partial charge in [0.2, 0.25) is 12.1 Å². The molecule has 1 aromatic rings. The van der Waals surface area contributed by atoms with Crippen molar-refractivity contribution in [1.82, 2.24) is 19.7 Å². The second-order valence-corrected chi connectivity index (χ2v) is 14.0. The third-order valence-electron chi connectivity index (χ3n) is 8.20. The van der Waals surface area contributed by atoms with E-state index in [0.717, 1.165) is 32.1 Å². The van der Waals surface area contributed by atoms with E-state index < -0.39 is 52.5 Å². The van der Waals surface area contributed by atoms with Crippen LogP contribution in [0.4, 0.5) is 0 Å². The summed E-state index contributed by atoms with van der Waals surface area (Å²) in [7, 11) is -4.08. The van der Waals surface area contributed by atoms with Gasteiger partial charge in [-0.1, -0.05) is 82.2 Å². The van der Waals surface area contributed by atoms with Crippen molar-refractivity contribution < 1.29 is 37.7 Å². The van der Waals surface area contributed by atoms with Gasteiger partial charge in [0.25, 0.3) is 16.1 Å². The minimum absolute atomic E-state index is 0.00410. The zero-order valence-corrected chi connectivity index (χ0v) is 27.2. The average Bonchev–Trinajstić information content (AvgIpc) is 3.02. The molecule has 0 aromatic heterocycles. The number of aliphatic hydroxyl groups is 2. The normalized spacial score (nSPS) is 20.0. The predicted molar refractivity (Wildman–Crippen MR) is 170 cm³/mol. The van der Waals surface area contributed by atoms with Crippen LogP contribution in [0.3, 0.4) is 0 Å². The molecule has 12 nitrogen and oxygen atoms in total. The maximum atomic E-state index is 13.7. The molecule has 3 rings (SSSR count). The molecule has 2 aliphatic rings. The lowest BCUT2D eigenvalue weighted by atomic mass is 9.82. The first-order valence-corrected chi connectivity index (χ1v) is 17.3. The van der Waals surface area contributed by atoms with Crippen molar-refractivity contribution in [3.05, 3.63) is 35.9 Å². The largest absolute Gasteiger partial charge is 0.390 e. The minimum Gasteiger partial charge on any atom is -0.390 e. The number of hydrogen-bond donors (Lipinski definition) is 5. The van der Waals surface area contributed by atoms with Gasteiger partial charge in [0.05, 0.1) is 25.4 Å². The van der Waals surface area contributed by atoms with Gasteiger partial charge >= 0.3 is 0 Å². The Morgan fingerprint density at radius 1 is 1.07 bits per heavy atom. The number of amides is 2. The monoisotopic (exact) mass is 650 g/mol. The van der Waals surface area contributed by atoms with Crippen molar-refractivity contribution in [3.8, 4) is 12.3 Å². The zero-order valence-electron chi connectivity index (χ0n) is 26.4. The van der Waals surface area contributed by atoms with Crippen LogP contribution in [-0.4, -0.2) is 98.2 Å². The molecule has 1 aliphatic heterocycles. The van der Waals surface area contributed by atoms with E-state index in [0.29, 0.717) is 18.4 Å². The molecule has 2 fully saturated rings. The van der Waals surface area contributed by atoms with Crippen LogP contribution in [0.5, 0.6) is 0 Å². The van der Waals surface area contributed by atoms with E-state index in [9.17, 15) is 28.2 Å². The molecule has 1 heterocycles. The number of rotatable bonds is 17. The summed E-state index contributed by atoms with van der Waals surface area (Å²) in [5.74, 6) is 1.11. The second-order valence-electron chi connectivity index (χ2n) is 12.3. The Kier molecular flexibility index (Phi) is 15.2. The molecule has 252 valence electrons. The topological polar surface area (TPSA) is 167 Å². The molecule has 5 N–H and O–H groups in total. The van der Waals surface area contributed by atoms with Crippen molar-refractivity contribution in [2.75, 3.05) is 32.9 Å². The first-order valence-electron chi connectivity index (χ1n) is 15.9. The molecule has 5 atom stereocenters. The van der Waals surface area contributed by atoms with Gasteiger partial charge < -0.3 is 30.3 Å². The molecular formula is C32H50N4O8S. The number of terminal acetylenes is 1. The van der Waals surface area contributed by atoms with Crippen molar-refractivity contribution in [1.29, 1.82) is 0 Å². The summed E-state index contributed by atoms with van der Waals surface area (Å²) in [5, 5.41) is 27.2. The summed E-state index contributed by atoms with van der Waals surface area (Å²) in [4.78, 5) is 27.3. The van der Waals surface area contributed by atoms with Crippen LogP contribution in [-0.2, 0) is 35.7 Å². The lowest BCUT2D eigenvalue weighted by molar-refractivity contribution is -0.142. The highest BCUT2D eigenvalue weighted by Gasteiger charge is 2.36. The maximum Gasteiger partial charge on any atom is 0.280 e. The number of ether oxygens (including phenoxy) is 2. The van der Waals surface area contributed by atoms with E-state index in [1.54, 1.807) is 30.3 Å². The molecule has 0 unspecified atom stereocenters. The highest BCUT2D eigenvalue weighted by Crippen LogP contribution is 2.29. The minimum atomic E-state index is -4.08. The fourth-order valence-electron chi connectivity index (χ4n) is 5.84. The Labute approximate surface area is 267 Å². The van der Waals surface area contributed by atoms with Gasteiger partial charge in [0.15, 0.2) is 0 Å². The van der Waals surface area contributed by atoms with Crippen molar-refractivity contribution >= 4 is 22.0 Å². The number of nitrogens with zero attached hydrogens (tertiary/aromatic N) is 1.